The van der Waals surface area contributed by atoms with E-state index in [0.717, 1.165) is 16.7 Å². The number of hydrogen-bond donors (Lipinski definition) is 0. The van der Waals surface area contributed by atoms with Gasteiger partial charge in [-0.25, -0.2) is 0 Å². The second-order valence-corrected chi connectivity index (χ2v) is 4.70. The molecule has 0 atom stereocenters. The molecule has 0 heterocycles. The Bertz CT molecular complexity index is 351. The fraction of sp³-hybridized carbons (Fsp3) is 0.250. The van der Waals surface area contributed by atoms with E-state index in [1.54, 1.807) is 0 Å². The van der Waals surface area contributed by atoms with Gasteiger partial charge in [0.05, 0.1) is 0 Å². The molecule has 0 unspecified atom stereocenters. The number of allylic oxidation sites excluding steroid dienone is 6. The van der Waals surface area contributed by atoms with Crippen LogP contribution in [0.3, 0.4) is 0 Å². The molecule has 2 heteroatoms. The van der Waals surface area contributed by atoms with Crippen molar-refractivity contribution in [2.24, 2.45) is 0 Å². The summed E-state index contributed by atoms with van der Waals surface area (Å²) in [7, 11) is 3.13. The molecular weight excluding hydrogens is 236 g/mol. The summed E-state index contributed by atoms with van der Waals surface area (Å²) < 4.78 is 5.41. The van der Waals surface area contributed by atoms with Gasteiger partial charge in [0.1, 0.15) is 5.60 Å². The highest BCUT2D eigenvalue weighted by Gasteiger charge is 2.18. The molecule has 0 aliphatic rings. The van der Waals surface area contributed by atoms with Crippen molar-refractivity contribution < 1.29 is 4.43 Å². The summed E-state index contributed by atoms with van der Waals surface area (Å²) in [5.74, 6) is 0. The molecule has 0 aliphatic carbocycles. The Labute approximate surface area is 114 Å². The van der Waals surface area contributed by atoms with Crippen LogP contribution in [0.25, 0.3) is 0 Å². The van der Waals surface area contributed by atoms with E-state index < -0.39 is 5.60 Å². The van der Waals surface area contributed by atoms with Gasteiger partial charge in [-0.2, -0.15) is 0 Å². The second kappa shape index (κ2) is 7.85. The van der Waals surface area contributed by atoms with Gasteiger partial charge in [0.15, 0.2) is 0 Å². The maximum absolute atomic E-state index is 5.41. The summed E-state index contributed by atoms with van der Waals surface area (Å²) in [5.41, 5.74) is 2.19. The van der Waals surface area contributed by atoms with E-state index in [2.05, 4.69) is 30.2 Å². The van der Waals surface area contributed by atoms with Gasteiger partial charge in [0, 0.05) is 0 Å². The molecule has 0 aliphatic heterocycles. The molecule has 0 aromatic heterocycles. The number of rotatable bonds is 7. The van der Waals surface area contributed by atoms with Gasteiger partial charge in [-0.1, -0.05) is 54.7 Å². The molecule has 0 aromatic rings. The lowest BCUT2D eigenvalue weighted by Gasteiger charge is -2.22. The predicted molar refractivity (Wildman–Crippen MR) is 81.4 cm³/mol. The molecule has 0 spiro atoms. The van der Waals surface area contributed by atoms with E-state index in [0.29, 0.717) is 0 Å². The van der Waals surface area contributed by atoms with Crippen molar-refractivity contribution in [1.29, 1.82) is 0 Å². The molecule has 0 saturated heterocycles. The van der Waals surface area contributed by atoms with Gasteiger partial charge in [-0.15, -0.1) is 0 Å². The standard InChI is InChI=1S/C16H21OSi/c1-13(2)7-10-16(17-18,11-8-14(3)4)12-9-15(5)6/h7-12H,1,3,5H2,2,4,6H3. The number of hydrogen-bond acceptors (Lipinski definition) is 1. The normalized spacial score (nSPS) is 15.3. The fourth-order valence-corrected chi connectivity index (χ4v) is 1.29. The first-order valence-electron chi connectivity index (χ1n) is 5.70. The van der Waals surface area contributed by atoms with E-state index in [1.165, 1.54) is 0 Å². The highest BCUT2D eigenvalue weighted by molar-refractivity contribution is 5.98. The van der Waals surface area contributed by atoms with Crippen LogP contribution in [0.5, 0.6) is 0 Å². The third-order valence-electron chi connectivity index (χ3n) is 2.06. The van der Waals surface area contributed by atoms with Crippen LogP contribution in [0.1, 0.15) is 20.8 Å². The third-order valence-corrected chi connectivity index (χ3v) is 2.42. The zero-order valence-corrected chi connectivity index (χ0v) is 12.5. The molecule has 0 saturated carbocycles. The topological polar surface area (TPSA) is 9.23 Å². The summed E-state index contributed by atoms with van der Waals surface area (Å²) in [6, 6.07) is 0. The maximum Gasteiger partial charge on any atom is 0.248 e. The minimum absolute atomic E-state index is 0.673. The van der Waals surface area contributed by atoms with Crippen LogP contribution in [0.15, 0.2) is 72.9 Å². The summed E-state index contributed by atoms with van der Waals surface area (Å²) in [4.78, 5) is 0. The van der Waals surface area contributed by atoms with Crippen molar-refractivity contribution >= 4 is 10.5 Å². The molecule has 95 valence electrons. The van der Waals surface area contributed by atoms with Crippen LogP contribution < -0.4 is 0 Å². The Morgan fingerprint density at radius 2 is 1.11 bits per heavy atom. The summed E-state index contributed by atoms with van der Waals surface area (Å²) in [5, 5.41) is 0. The van der Waals surface area contributed by atoms with Crippen molar-refractivity contribution in [1.82, 2.24) is 0 Å². The van der Waals surface area contributed by atoms with Crippen molar-refractivity contribution in [3.8, 4) is 0 Å². The van der Waals surface area contributed by atoms with E-state index in [4.69, 9.17) is 4.43 Å². The zero-order valence-electron chi connectivity index (χ0n) is 11.5. The first-order valence-corrected chi connectivity index (χ1v) is 6.11. The van der Waals surface area contributed by atoms with Crippen molar-refractivity contribution in [2.75, 3.05) is 0 Å². The first-order chi connectivity index (χ1) is 8.31. The molecule has 1 nitrogen and oxygen atoms in total. The quantitative estimate of drug-likeness (QED) is 0.490. The van der Waals surface area contributed by atoms with Gasteiger partial charge in [0.25, 0.3) is 0 Å². The Kier molecular flexibility index (Phi) is 7.25. The smallest absolute Gasteiger partial charge is 0.248 e. The average molecular weight is 257 g/mol. The van der Waals surface area contributed by atoms with E-state index in [-0.39, 0.29) is 0 Å². The molecule has 0 N–H and O–H groups in total. The van der Waals surface area contributed by atoms with Crippen LogP contribution in [0, 0.1) is 0 Å². The maximum atomic E-state index is 5.41. The molecule has 0 bridgehead atoms. The Morgan fingerprint density at radius 1 is 0.833 bits per heavy atom. The van der Waals surface area contributed by atoms with E-state index >= 15 is 0 Å². The summed E-state index contributed by atoms with van der Waals surface area (Å²) >= 11 is 0. The lowest BCUT2D eigenvalue weighted by molar-refractivity contribution is 0.245. The third kappa shape index (κ3) is 7.04. The van der Waals surface area contributed by atoms with Gasteiger partial charge in [-0.05, 0) is 39.0 Å². The predicted octanol–water partition coefficient (Wildman–Crippen LogP) is 4.22. The lowest BCUT2D eigenvalue weighted by Crippen LogP contribution is -2.23. The van der Waals surface area contributed by atoms with Crippen LogP contribution in [-0.4, -0.2) is 16.1 Å². The zero-order chi connectivity index (χ0) is 14.2. The Morgan fingerprint density at radius 3 is 1.28 bits per heavy atom. The highest BCUT2D eigenvalue weighted by Crippen LogP contribution is 2.19. The highest BCUT2D eigenvalue weighted by atomic mass is 28.2. The molecule has 18 heavy (non-hydrogen) atoms. The average Bonchev–Trinajstić information content (AvgIpc) is 2.28. The minimum atomic E-state index is -0.673. The molecule has 0 fully saturated rings. The van der Waals surface area contributed by atoms with E-state index in [1.807, 2.05) is 57.2 Å². The van der Waals surface area contributed by atoms with Crippen molar-refractivity contribution in [2.45, 2.75) is 26.4 Å². The van der Waals surface area contributed by atoms with Crippen LogP contribution in [-0.2, 0) is 4.43 Å². The summed E-state index contributed by atoms with van der Waals surface area (Å²) in [6.45, 7) is 17.3. The first kappa shape index (κ1) is 16.6. The van der Waals surface area contributed by atoms with Crippen molar-refractivity contribution in [3.63, 3.8) is 0 Å². The lowest BCUT2D eigenvalue weighted by atomic mass is 9.99. The van der Waals surface area contributed by atoms with Gasteiger partial charge in [0.2, 0.25) is 10.5 Å². The molecule has 0 amide bonds. The van der Waals surface area contributed by atoms with Crippen molar-refractivity contribution in [3.05, 3.63) is 72.9 Å². The minimum Gasteiger partial charge on any atom is -0.403 e. The van der Waals surface area contributed by atoms with Gasteiger partial charge < -0.3 is 4.43 Å². The van der Waals surface area contributed by atoms with Gasteiger partial charge >= 0.3 is 0 Å². The monoisotopic (exact) mass is 257 g/mol. The van der Waals surface area contributed by atoms with Gasteiger partial charge in [-0.3, -0.25) is 0 Å². The van der Waals surface area contributed by atoms with Crippen LogP contribution >= 0.6 is 0 Å². The van der Waals surface area contributed by atoms with Crippen LogP contribution in [0.2, 0.25) is 0 Å². The molecular formula is C16H21OSi. The van der Waals surface area contributed by atoms with E-state index in [9.17, 15) is 0 Å². The molecule has 0 rings (SSSR count). The fourth-order valence-electron chi connectivity index (χ4n) is 1.09. The Balaban J connectivity index is 5.38. The molecule has 3 radical (unpaired) electrons. The summed E-state index contributed by atoms with van der Waals surface area (Å²) in [6.07, 6.45) is 11.5. The largest absolute Gasteiger partial charge is 0.403 e. The Hall–Kier alpha value is -1.38. The second-order valence-electron chi connectivity index (χ2n) is 4.49. The van der Waals surface area contributed by atoms with Crippen LogP contribution in [0.4, 0.5) is 0 Å². The SMILES string of the molecule is C=C(C)C=CC(C=CC(=C)C)(C=CC(=C)C)O[Si]. The molecule has 0 aromatic carbocycles.